The summed E-state index contributed by atoms with van der Waals surface area (Å²) in [6.07, 6.45) is 2.30. The van der Waals surface area contributed by atoms with Gasteiger partial charge in [-0.3, -0.25) is 4.79 Å². The van der Waals surface area contributed by atoms with Crippen molar-refractivity contribution in [2.45, 2.75) is 12.5 Å². The Bertz CT molecular complexity index is 717. The van der Waals surface area contributed by atoms with Crippen LogP contribution in [-0.4, -0.2) is 35.4 Å². The van der Waals surface area contributed by atoms with Crippen LogP contribution in [0.25, 0.3) is 0 Å². The van der Waals surface area contributed by atoms with Gasteiger partial charge in [-0.15, -0.1) is 0 Å². The molecule has 2 aromatic rings. The number of hydrogen-bond acceptors (Lipinski definition) is 5. The van der Waals surface area contributed by atoms with Crippen molar-refractivity contribution in [2.24, 2.45) is 0 Å². The van der Waals surface area contributed by atoms with Crippen molar-refractivity contribution in [3.05, 3.63) is 38.4 Å². The van der Waals surface area contributed by atoms with Crippen molar-refractivity contribution in [3.63, 3.8) is 0 Å². The molecule has 22 heavy (non-hydrogen) atoms. The minimum atomic E-state index is -0.411. The van der Waals surface area contributed by atoms with Gasteiger partial charge in [-0.1, -0.05) is 11.6 Å². The molecule has 1 aliphatic rings. The van der Waals surface area contributed by atoms with Crippen LogP contribution >= 0.6 is 22.9 Å². The van der Waals surface area contributed by atoms with E-state index in [9.17, 15) is 9.59 Å². The predicted molar refractivity (Wildman–Crippen MR) is 87.0 cm³/mol. The van der Waals surface area contributed by atoms with Gasteiger partial charge in [0.15, 0.2) is 0 Å². The highest BCUT2D eigenvalue weighted by atomic mass is 35.5. The molecular weight excluding hydrogens is 326 g/mol. The summed E-state index contributed by atoms with van der Waals surface area (Å²) in [6.45, 7) is 1.29. The summed E-state index contributed by atoms with van der Waals surface area (Å²) >= 11 is 7.52. The van der Waals surface area contributed by atoms with Crippen LogP contribution in [0.5, 0.6) is 0 Å². The zero-order valence-corrected chi connectivity index (χ0v) is 13.1. The molecule has 0 aliphatic carbocycles. The second-order valence-corrected chi connectivity index (χ2v) is 6.10. The van der Waals surface area contributed by atoms with Gasteiger partial charge in [0.05, 0.1) is 17.6 Å². The summed E-state index contributed by atoms with van der Waals surface area (Å²) in [6, 6.07) is 1.60. The number of aromatic amines is 1. The Morgan fingerprint density at radius 1 is 1.55 bits per heavy atom. The number of halogens is 1. The molecule has 1 saturated heterocycles. The van der Waals surface area contributed by atoms with E-state index in [1.807, 2.05) is 21.7 Å². The van der Waals surface area contributed by atoms with Crippen LogP contribution in [0, 0.1) is 0 Å². The van der Waals surface area contributed by atoms with Gasteiger partial charge >= 0.3 is 6.03 Å². The van der Waals surface area contributed by atoms with Gasteiger partial charge < -0.3 is 15.5 Å². The number of anilines is 2. The number of amides is 2. The van der Waals surface area contributed by atoms with Crippen LogP contribution < -0.4 is 21.1 Å². The van der Waals surface area contributed by atoms with Crippen LogP contribution in [0.3, 0.4) is 0 Å². The van der Waals surface area contributed by atoms with Crippen molar-refractivity contribution < 1.29 is 4.79 Å². The second-order valence-electron chi connectivity index (χ2n) is 4.94. The summed E-state index contributed by atoms with van der Waals surface area (Å²) in [5.74, 6) is 0. The summed E-state index contributed by atoms with van der Waals surface area (Å²) in [7, 11) is 0. The molecule has 1 aliphatic heterocycles. The first kappa shape index (κ1) is 14.9. The Hall–Kier alpha value is -2.06. The largest absolute Gasteiger partial charge is 0.367 e. The van der Waals surface area contributed by atoms with Gasteiger partial charge in [-0.2, -0.15) is 16.4 Å². The zero-order valence-electron chi connectivity index (χ0n) is 11.5. The SMILES string of the molecule is O=C(Nc1ccsc1)NC1CCN(c2cn[nH]c(=O)c2Cl)C1. The Kier molecular flexibility index (Phi) is 4.30. The molecule has 7 nitrogen and oxygen atoms in total. The highest BCUT2D eigenvalue weighted by Crippen LogP contribution is 2.24. The fourth-order valence-corrected chi connectivity index (χ4v) is 3.18. The molecule has 0 bridgehead atoms. The Morgan fingerprint density at radius 2 is 2.41 bits per heavy atom. The maximum absolute atomic E-state index is 11.9. The quantitative estimate of drug-likeness (QED) is 0.796. The molecule has 9 heteroatoms. The number of thiophene rings is 1. The molecule has 0 spiro atoms. The monoisotopic (exact) mass is 339 g/mol. The van der Waals surface area contributed by atoms with Gasteiger partial charge in [-0.25, -0.2) is 9.89 Å². The average Bonchev–Trinajstić information content (AvgIpc) is 3.14. The number of rotatable bonds is 3. The van der Waals surface area contributed by atoms with Crippen LogP contribution in [0.15, 0.2) is 27.8 Å². The highest BCUT2D eigenvalue weighted by Gasteiger charge is 2.26. The Morgan fingerprint density at radius 3 is 3.18 bits per heavy atom. The first-order valence-corrected chi connectivity index (χ1v) is 8.03. The summed E-state index contributed by atoms with van der Waals surface area (Å²) in [5, 5.41) is 15.6. The molecule has 1 unspecified atom stereocenters. The summed E-state index contributed by atoms with van der Waals surface area (Å²) in [4.78, 5) is 25.3. The van der Waals surface area contributed by atoms with Gasteiger partial charge in [0.2, 0.25) is 0 Å². The van der Waals surface area contributed by atoms with E-state index in [-0.39, 0.29) is 17.1 Å². The molecule has 3 N–H and O–H groups in total. The first-order valence-electron chi connectivity index (χ1n) is 6.71. The third-order valence-corrected chi connectivity index (χ3v) is 4.47. The number of nitrogens with one attached hydrogen (secondary N) is 3. The smallest absolute Gasteiger partial charge is 0.319 e. The van der Waals surface area contributed by atoms with Crippen molar-refractivity contribution in [3.8, 4) is 0 Å². The molecule has 0 aromatic carbocycles. The fraction of sp³-hybridized carbons (Fsp3) is 0.308. The third-order valence-electron chi connectivity index (χ3n) is 3.42. The lowest BCUT2D eigenvalue weighted by Gasteiger charge is -2.19. The molecule has 3 rings (SSSR count). The van der Waals surface area contributed by atoms with Crippen molar-refractivity contribution in [1.82, 2.24) is 15.5 Å². The third kappa shape index (κ3) is 3.23. The maximum atomic E-state index is 11.9. The fourth-order valence-electron chi connectivity index (χ4n) is 2.38. The molecule has 1 atom stereocenters. The van der Waals surface area contributed by atoms with E-state index in [1.54, 1.807) is 0 Å². The topological polar surface area (TPSA) is 90.1 Å². The number of urea groups is 1. The highest BCUT2D eigenvalue weighted by molar-refractivity contribution is 7.08. The van der Waals surface area contributed by atoms with Crippen LogP contribution in [0.1, 0.15) is 6.42 Å². The van der Waals surface area contributed by atoms with Crippen LogP contribution in [-0.2, 0) is 0 Å². The number of nitrogens with zero attached hydrogens (tertiary/aromatic N) is 2. The number of carbonyl (C=O) groups is 1. The molecule has 1 fully saturated rings. The lowest BCUT2D eigenvalue weighted by Crippen LogP contribution is -2.39. The average molecular weight is 340 g/mol. The van der Waals surface area contributed by atoms with Crippen molar-refractivity contribution >= 4 is 40.3 Å². The van der Waals surface area contributed by atoms with Crippen LogP contribution in [0.2, 0.25) is 5.02 Å². The van der Waals surface area contributed by atoms with E-state index < -0.39 is 5.56 Å². The molecule has 0 radical (unpaired) electrons. The minimum absolute atomic E-state index is 0.00556. The summed E-state index contributed by atoms with van der Waals surface area (Å²) < 4.78 is 0. The number of H-pyrrole nitrogens is 1. The predicted octanol–water partition coefficient (Wildman–Crippen LogP) is 1.89. The van der Waals surface area contributed by atoms with E-state index in [0.717, 1.165) is 12.1 Å². The lowest BCUT2D eigenvalue weighted by atomic mass is 10.3. The van der Waals surface area contributed by atoms with Gasteiger partial charge in [0.1, 0.15) is 5.02 Å². The molecular formula is C13H14ClN5O2S. The summed E-state index contributed by atoms with van der Waals surface area (Å²) in [5.41, 5.74) is 0.956. The first-order chi connectivity index (χ1) is 10.6. The molecule has 2 aromatic heterocycles. The van der Waals surface area contributed by atoms with E-state index in [4.69, 9.17) is 11.6 Å². The normalized spacial score (nSPS) is 17.5. The number of aromatic nitrogens is 2. The van der Waals surface area contributed by atoms with E-state index >= 15 is 0 Å². The molecule has 116 valence electrons. The minimum Gasteiger partial charge on any atom is -0.367 e. The standard InChI is InChI=1S/C13H14ClN5O2S/c14-11-10(5-15-18-12(11)20)19-3-1-8(6-19)16-13(21)17-9-2-4-22-7-9/h2,4-5,7-8H,1,3,6H2,(H,18,20)(H2,16,17,21). The second kappa shape index (κ2) is 6.37. The van der Waals surface area contributed by atoms with Gasteiger partial charge in [0.25, 0.3) is 5.56 Å². The van der Waals surface area contributed by atoms with Crippen LogP contribution in [0.4, 0.5) is 16.2 Å². The van der Waals surface area contributed by atoms with E-state index in [1.165, 1.54) is 17.5 Å². The zero-order chi connectivity index (χ0) is 15.5. The molecule has 0 saturated carbocycles. The van der Waals surface area contributed by atoms with E-state index in [2.05, 4.69) is 20.8 Å². The lowest BCUT2D eigenvalue weighted by molar-refractivity contribution is 0.249. The molecule has 3 heterocycles. The maximum Gasteiger partial charge on any atom is 0.319 e. The Balaban J connectivity index is 1.59. The molecule has 2 amide bonds. The van der Waals surface area contributed by atoms with Gasteiger partial charge in [0, 0.05) is 24.5 Å². The van der Waals surface area contributed by atoms with Gasteiger partial charge in [-0.05, 0) is 17.9 Å². The van der Waals surface area contributed by atoms with E-state index in [0.29, 0.717) is 18.8 Å². The van der Waals surface area contributed by atoms with Crippen molar-refractivity contribution in [1.29, 1.82) is 0 Å². The Labute approximate surface area is 135 Å². The van der Waals surface area contributed by atoms with Crippen molar-refractivity contribution in [2.75, 3.05) is 23.3 Å². The number of carbonyl (C=O) groups excluding carboxylic acids is 1. The number of hydrogen-bond donors (Lipinski definition) is 3.